The summed E-state index contributed by atoms with van der Waals surface area (Å²) in [5, 5.41) is 11.4. The van der Waals surface area contributed by atoms with E-state index in [1.54, 1.807) is 0 Å². The molecule has 31 heavy (non-hydrogen) atoms. The monoisotopic (exact) mass is 431 g/mol. The highest BCUT2D eigenvalue weighted by molar-refractivity contribution is 5.94. The molecule has 1 N–H and O–H groups in total. The Labute approximate surface area is 179 Å². The number of nitrogens with one attached hydrogen (secondary N) is 1. The van der Waals surface area contributed by atoms with Gasteiger partial charge in [0, 0.05) is 51.0 Å². The molecular weight excluding hydrogens is 404 g/mol. The zero-order valence-corrected chi connectivity index (χ0v) is 17.4. The van der Waals surface area contributed by atoms with Crippen molar-refractivity contribution < 1.29 is 18.4 Å². The number of carbonyl (C=O) groups is 2. The number of rotatable bonds is 5. The summed E-state index contributed by atoms with van der Waals surface area (Å²) in [4.78, 5) is 26.6. The molecule has 4 rings (SSSR count). The largest absolute Gasteiger partial charge is 0.351 e. The molecule has 1 saturated heterocycles. The maximum atomic E-state index is 13.7. The van der Waals surface area contributed by atoms with Gasteiger partial charge in [-0.3, -0.25) is 9.59 Å². The lowest BCUT2D eigenvalue weighted by atomic mass is 9.96. The molecule has 166 valence electrons. The van der Waals surface area contributed by atoms with E-state index in [9.17, 15) is 18.4 Å². The van der Waals surface area contributed by atoms with Crippen LogP contribution >= 0.6 is 0 Å². The van der Waals surface area contributed by atoms with Gasteiger partial charge >= 0.3 is 0 Å². The minimum atomic E-state index is -0.921. The van der Waals surface area contributed by atoms with E-state index in [2.05, 4.69) is 20.1 Å². The fourth-order valence-electron chi connectivity index (χ4n) is 4.43. The van der Waals surface area contributed by atoms with Gasteiger partial charge < -0.3 is 14.8 Å². The number of fused-ring (bicyclic) bond motifs is 1. The summed E-state index contributed by atoms with van der Waals surface area (Å²) >= 11 is 0. The van der Waals surface area contributed by atoms with Crippen LogP contribution < -0.4 is 5.32 Å². The van der Waals surface area contributed by atoms with E-state index in [1.165, 1.54) is 6.42 Å². The van der Waals surface area contributed by atoms with E-state index in [0.717, 1.165) is 62.4 Å². The molecule has 0 saturated carbocycles. The van der Waals surface area contributed by atoms with Crippen LogP contribution in [0.4, 0.5) is 8.78 Å². The van der Waals surface area contributed by atoms with Crippen LogP contribution in [0.1, 0.15) is 66.4 Å². The van der Waals surface area contributed by atoms with E-state index in [-0.39, 0.29) is 30.4 Å². The third kappa shape index (κ3) is 4.91. The molecule has 0 radical (unpaired) electrons. The Hall–Kier alpha value is -2.84. The average molecular weight is 431 g/mol. The van der Waals surface area contributed by atoms with Gasteiger partial charge in [0.05, 0.1) is 5.56 Å². The first-order chi connectivity index (χ1) is 15.0. The second-order valence-electron chi connectivity index (χ2n) is 8.25. The average Bonchev–Trinajstić information content (AvgIpc) is 3.02. The SMILES string of the molecule is O=C(NCCC(=O)N1CCCC(c2nnc3n2CCCCC3)C1)c1ccc(F)cc1F. The number of nitrogens with zero attached hydrogens (tertiary/aromatic N) is 4. The summed E-state index contributed by atoms with van der Waals surface area (Å²) in [5.74, 6) is -0.183. The predicted molar refractivity (Wildman–Crippen MR) is 109 cm³/mol. The summed E-state index contributed by atoms with van der Waals surface area (Å²) in [6, 6.07) is 2.79. The normalized spacial score (nSPS) is 18.9. The summed E-state index contributed by atoms with van der Waals surface area (Å²) < 4.78 is 28.9. The summed E-state index contributed by atoms with van der Waals surface area (Å²) in [5.41, 5.74) is -0.237. The molecule has 0 aliphatic carbocycles. The number of hydrogen-bond donors (Lipinski definition) is 1. The molecule has 1 atom stereocenters. The first kappa shape index (κ1) is 21.4. The van der Waals surface area contributed by atoms with E-state index < -0.39 is 17.5 Å². The number of piperidine rings is 1. The van der Waals surface area contributed by atoms with Gasteiger partial charge in [-0.1, -0.05) is 6.42 Å². The summed E-state index contributed by atoms with van der Waals surface area (Å²) in [6.45, 7) is 2.30. The van der Waals surface area contributed by atoms with E-state index in [4.69, 9.17) is 0 Å². The zero-order valence-electron chi connectivity index (χ0n) is 17.4. The van der Waals surface area contributed by atoms with Crippen LogP contribution in [0, 0.1) is 11.6 Å². The Balaban J connectivity index is 1.31. The molecule has 2 aliphatic heterocycles. The minimum Gasteiger partial charge on any atom is -0.351 e. The number of aromatic nitrogens is 3. The number of likely N-dealkylation sites (tertiary alicyclic amines) is 1. The first-order valence-corrected chi connectivity index (χ1v) is 11.0. The fraction of sp³-hybridized carbons (Fsp3) is 0.545. The van der Waals surface area contributed by atoms with Gasteiger partial charge in [-0.05, 0) is 37.8 Å². The first-order valence-electron chi connectivity index (χ1n) is 11.0. The van der Waals surface area contributed by atoms with Crippen molar-refractivity contribution in [2.24, 2.45) is 0 Å². The molecule has 2 amide bonds. The lowest BCUT2D eigenvalue weighted by Gasteiger charge is -2.32. The number of aryl methyl sites for hydroxylation is 1. The lowest BCUT2D eigenvalue weighted by molar-refractivity contribution is -0.132. The number of halogens is 2. The van der Waals surface area contributed by atoms with Gasteiger partial charge in [-0.15, -0.1) is 10.2 Å². The molecule has 1 aromatic heterocycles. The van der Waals surface area contributed by atoms with Crippen molar-refractivity contribution in [2.75, 3.05) is 19.6 Å². The van der Waals surface area contributed by atoms with Gasteiger partial charge in [0.2, 0.25) is 5.91 Å². The maximum absolute atomic E-state index is 13.7. The maximum Gasteiger partial charge on any atom is 0.254 e. The molecular formula is C22H27F2N5O2. The predicted octanol–water partition coefficient (Wildman–Crippen LogP) is 2.81. The van der Waals surface area contributed by atoms with Crippen molar-refractivity contribution in [2.45, 2.75) is 57.4 Å². The second-order valence-corrected chi connectivity index (χ2v) is 8.25. The molecule has 2 aliphatic rings. The lowest BCUT2D eigenvalue weighted by Crippen LogP contribution is -2.41. The van der Waals surface area contributed by atoms with Crippen molar-refractivity contribution in [3.05, 3.63) is 47.0 Å². The topological polar surface area (TPSA) is 80.1 Å². The number of carbonyl (C=O) groups excluding carboxylic acids is 2. The van der Waals surface area contributed by atoms with Crippen molar-refractivity contribution in [3.63, 3.8) is 0 Å². The highest BCUT2D eigenvalue weighted by atomic mass is 19.1. The minimum absolute atomic E-state index is 0.0554. The summed E-state index contributed by atoms with van der Waals surface area (Å²) in [6.07, 6.45) is 6.42. The molecule has 0 bridgehead atoms. The van der Waals surface area contributed by atoms with Crippen LogP contribution in [0.2, 0.25) is 0 Å². The number of benzene rings is 1. The fourth-order valence-corrected chi connectivity index (χ4v) is 4.43. The smallest absolute Gasteiger partial charge is 0.254 e. The van der Waals surface area contributed by atoms with Crippen LogP contribution in [-0.4, -0.2) is 51.1 Å². The van der Waals surface area contributed by atoms with Crippen LogP contribution in [0.25, 0.3) is 0 Å². The van der Waals surface area contributed by atoms with Gasteiger partial charge in [-0.2, -0.15) is 0 Å². The van der Waals surface area contributed by atoms with E-state index in [0.29, 0.717) is 19.2 Å². The van der Waals surface area contributed by atoms with E-state index in [1.807, 2.05) is 4.90 Å². The molecule has 1 fully saturated rings. The highest BCUT2D eigenvalue weighted by Gasteiger charge is 2.29. The Bertz CT molecular complexity index is 961. The second kappa shape index (κ2) is 9.53. The van der Waals surface area contributed by atoms with Crippen molar-refractivity contribution in [3.8, 4) is 0 Å². The Kier molecular flexibility index (Phi) is 6.58. The van der Waals surface area contributed by atoms with Crippen molar-refractivity contribution >= 4 is 11.8 Å². The molecule has 7 nitrogen and oxygen atoms in total. The molecule has 1 unspecified atom stereocenters. The quantitative estimate of drug-likeness (QED) is 0.790. The third-order valence-corrected chi connectivity index (χ3v) is 6.08. The van der Waals surface area contributed by atoms with Gasteiger partial charge in [-0.25, -0.2) is 8.78 Å². The highest BCUT2D eigenvalue weighted by Crippen LogP contribution is 2.28. The Morgan fingerprint density at radius 3 is 2.81 bits per heavy atom. The molecule has 0 spiro atoms. The van der Waals surface area contributed by atoms with Crippen LogP contribution in [-0.2, 0) is 17.8 Å². The molecule has 9 heteroatoms. The van der Waals surface area contributed by atoms with Crippen molar-refractivity contribution in [1.82, 2.24) is 25.0 Å². The Morgan fingerprint density at radius 2 is 1.97 bits per heavy atom. The van der Waals surface area contributed by atoms with Gasteiger partial charge in [0.15, 0.2) is 0 Å². The molecule has 3 heterocycles. The molecule has 1 aromatic carbocycles. The van der Waals surface area contributed by atoms with Crippen LogP contribution in [0.15, 0.2) is 18.2 Å². The van der Waals surface area contributed by atoms with Gasteiger partial charge in [0.25, 0.3) is 5.91 Å². The third-order valence-electron chi connectivity index (χ3n) is 6.08. The van der Waals surface area contributed by atoms with E-state index >= 15 is 0 Å². The zero-order chi connectivity index (χ0) is 21.8. The molecule has 2 aromatic rings. The standard InChI is InChI=1S/C22H27F2N5O2/c23-16-7-8-17(18(24)13-16)22(31)25-10-9-20(30)28-11-4-5-15(14-28)21-27-26-19-6-2-1-3-12-29(19)21/h7-8,13,15H,1-6,9-12,14H2,(H,25,31). The Morgan fingerprint density at radius 1 is 1.10 bits per heavy atom. The van der Waals surface area contributed by atoms with Crippen LogP contribution in [0.3, 0.4) is 0 Å². The number of amides is 2. The van der Waals surface area contributed by atoms with Gasteiger partial charge in [0.1, 0.15) is 23.3 Å². The summed E-state index contributed by atoms with van der Waals surface area (Å²) in [7, 11) is 0. The van der Waals surface area contributed by atoms with Crippen molar-refractivity contribution in [1.29, 1.82) is 0 Å². The van der Waals surface area contributed by atoms with Crippen LogP contribution in [0.5, 0.6) is 0 Å². The number of hydrogen-bond acceptors (Lipinski definition) is 4.